The number of thiazole rings is 1. The molecule has 1 aliphatic rings. The highest BCUT2D eigenvalue weighted by atomic mass is 35.5. The average Bonchev–Trinajstić information content (AvgIpc) is 2.92. The minimum Gasteiger partial charge on any atom is -0.367 e. The number of morpholine rings is 1. The fraction of sp³-hybridized carbons (Fsp3) is 0.667. The number of amides is 1. The van der Waals surface area contributed by atoms with Gasteiger partial charge < -0.3 is 15.0 Å². The molecule has 2 rings (SSSR count). The fourth-order valence-electron chi connectivity index (χ4n) is 2.10. The number of carbonyl (C=O) groups is 1. The molecule has 1 fully saturated rings. The average molecular weight is 342 g/mol. The van der Waals surface area contributed by atoms with Gasteiger partial charge in [0.05, 0.1) is 13.2 Å². The van der Waals surface area contributed by atoms with Crippen molar-refractivity contribution in [1.29, 1.82) is 0 Å². The van der Waals surface area contributed by atoms with Gasteiger partial charge in [-0.25, -0.2) is 4.98 Å². The van der Waals surface area contributed by atoms with E-state index in [0.717, 1.165) is 5.01 Å². The van der Waals surface area contributed by atoms with Crippen molar-refractivity contribution in [3.8, 4) is 0 Å². The monoisotopic (exact) mass is 341 g/mol. The standard InChI is InChI=1S/C12H19N3O2S.2ClH/c1-9(7-13-2)12(16)15-4-5-17-10(8-15)11-14-3-6-18-11;;/h3,6,9-10,13H,4-5,7-8H2,1-2H3;2*1H. The molecular formula is C12H21Cl2N3O2S. The molecule has 8 heteroatoms. The van der Waals surface area contributed by atoms with Crippen molar-refractivity contribution in [3.05, 3.63) is 16.6 Å². The predicted octanol–water partition coefficient (Wildman–Crippen LogP) is 1.74. The van der Waals surface area contributed by atoms with Crippen LogP contribution in [-0.4, -0.2) is 49.1 Å². The van der Waals surface area contributed by atoms with E-state index >= 15 is 0 Å². The molecule has 2 unspecified atom stereocenters. The normalized spacial score (nSPS) is 19.7. The summed E-state index contributed by atoms with van der Waals surface area (Å²) in [6, 6.07) is 0. The molecule has 0 aromatic carbocycles. The molecule has 2 heterocycles. The van der Waals surface area contributed by atoms with Crippen molar-refractivity contribution < 1.29 is 9.53 Å². The Kier molecular flexibility index (Phi) is 9.33. The lowest BCUT2D eigenvalue weighted by atomic mass is 10.1. The van der Waals surface area contributed by atoms with Crippen LogP contribution in [0.25, 0.3) is 0 Å². The van der Waals surface area contributed by atoms with Crippen molar-refractivity contribution >= 4 is 42.1 Å². The molecule has 1 amide bonds. The van der Waals surface area contributed by atoms with Crippen molar-refractivity contribution in [1.82, 2.24) is 15.2 Å². The summed E-state index contributed by atoms with van der Waals surface area (Å²) in [7, 11) is 1.86. The van der Waals surface area contributed by atoms with Crippen LogP contribution in [0.4, 0.5) is 0 Å². The number of hydrogen-bond acceptors (Lipinski definition) is 5. The van der Waals surface area contributed by atoms with Gasteiger partial charge in [0.15, 0.2) is 0 Å². The maximum absolute atomic E-state index is 12.2. The van der Waals surface area contributed by atoms with Gasteiger partial charge in [-0.2, -0.15) is 0 Å². The first kappa shape index (κ1) is 19.6. The number of hydrogen-bond donors (Lipinski definition) is 1. The molecule has 0 radical (unpaired) electrons. The number of nitrogens with zero attached hydrogens (tertiary/aromatic N) is 2. The third kappa shape index (κ3) is 4.86. The highest BCUT2D eigenvalue weighted by molar-refractivity contribution is 7.09. The highest BCUT2D eigenvalue weighted by Gasteiger charge is 2.28. The SMILES string of the molecule is CNCC(C)C(=O)N1CCOC(c2nccs2)C1.Cl.Cl. The van der Waals surface area contributed by atoms with Crippen LogP contribution < -0.4 is 5.32 Å². The number of halogens is 2. The number of ether oxygens (including phenoxy) is 1. The van der Waals surface area contributed by atoms with Crippen LogP contribution in [-0.2, 0) is 9.53 Å². The lowest BCUT2D eigenvalue weighted by Crippen LogP contribution is -2.46. The second-order valence-corrected chi connectivity index (χ2v) is 5.40. The van der Waals surface area contributed by atoms with E-state index in [4.69, 9.17) is 4.74 Å². The molecule has 5 nitrogen and oxygen atoms in total. The first-order chi connectivity index (χ1) is 8.72. The molecule has 1 saturated heterocycles. The molecular weight excluding hydrogens is 321 g/mol. The Bertz CT molecular complexity index is 392. The lowest BCUT2D eigenvalue weighted by Gasteiger charge is -2.33. The third-order valence-electron chi connectivity index (χ3n) is 3.04. The topological polar surface area (TPSA) is 54.5 Å². The van der Waals surface area contributed by atoms with Gasteiger partial charge >= 0.3 is 0 Å². The summed E-state index contributed by atoms with van der Waals surface area (Å²) >= 11 is 1.58. The summed E-state index contributed by atoms with van der Waals surface area (Å²) in [5, 5.41) is 5.92. The van der Waals surface area contributed by atoms with Crippen LogP contribution in [0.1, 0.15) is 18.0 Å². The Morgan fingerprint density at radius 3 is 3.00 bits per heavy atom. The van der Waals surface area contributed by atoms with Gasteiger partial charge in [0.2, 0.25) is 5.91 Å². The van der Waals surface area contributed by atoms with E-state index in [1.165, 1.54) is 0 Å². The molecule has 1 aliphatic heterocycles. The molecule has 0 spiro atoms. The largest absolute Gasteiger partial charge is 0.367 e. The summed E-state index contributed by atoms with van der Waals surface area (Å²) in [5.74, 6) is 0.194. The van der Waals surface area contributed by atoms with E-state index in [1.807, 2.05) is 24.3 Å². The highest BCUT2D eigenvalue weighted by Crippen LogP contribution is 2.24. The number of nitrogens with one attached hydrogen (secondary N) is 1. The molecule has 0 saturated carbocycles. The molecule has 1 aromatic heterocycles. The second kappa shape index (κ2) is 9.52. The summed E-state index contributed by atoms with van der Waals surface area (Å²) in [6.45, 7) is 4.53. The zero-order valence-electron chi connectivity index (χ0n) is 11.6. The van der Waals surface area contributed by atoms with Crippen LogP contribution >= 0.6 is 36.2 Å². The van der Waals surface area contributed by atoms with E-state index in [2.05, 4.69) is 10.3 Å². The van der Waals surface area contributed by atoms with Crippen LogP contribution in [0.15, 0.2) is 11.6 Å². The summed E-state index contributed by atoms with van der Waals surface area (Å²) in [6.07, 6.45) is 1.71. The van der Waals surface area contributed by atoms with Gasteiger partial charge in [-0.3, -0.25) is 4.79 Å². The maximum atomic E-state index is 12.2. The van der Waals surface area contributed by atoms with Crippen LogP contribution in [0.3, 0.4) is 0 Å². The Morgan fingerprint density at radius 2 is 2.40 bits per heavy atom. The van der Waals surface area contributed by atoms with Crippen LogP contribution in [0.5, 0.6) is 0 Å². The van der Waals surface area contributed by atoms with Gasteiger partial charge in [0.1, 0.15) is 11.1 Å². The maximum Gasteiger partial charge on any atom is 0.226 e. The molecule has 2 atom stereocenters. The van der Waals surface area contributed by atoms with Gasteiger partial charge in [-0.05, 0) is 7.05 Å². The Hall–Kier alpha value is -0.400. The Morgan fingerprint density at radius 1 is 1.65 bits per heavy atom. The van der Waals surface area contributed by atoms with Gasteiger partial charge in [0, 0.05) is 30.6 Å². The number of rotatable bonds is 4. The molecule has 116 valence electrons. The summed E-state index contributed by atoms with van der Waals surface area (Å²) < 4.78 is 5.68. The van der Waals surface area contributed by atoms with Gasteiger partial charge in [0.25, 0.3) is 0 Å². The van der Waals surface area contributed by atoms with Gasteiger partial charge in [-0.1, -0.05) is 6.92 Å². The molecule has 1 N–H and O–H groups in total. The Labute approximate surface area is 135 Å². The van der Waals surface area contributed by atoms with E-state index in [9.17, 15) is 4.79 Å². The molecule has 0 bridgehead atoms. The smallest absolute Gasteiger partial charge is 0.226 e. The van der Waals surface area contributed by atoms with E-state index in [1.54, 1.807) is 17.5 Å². The predicted molar refractivity (Wildman–Crippen MR) is 85.0 cm³/mol. The first-order valence-corrected chi connectivity index (χ1v) is 7.04. The zero-order valence-corrected chi connectivity index (χ0v) is 14.0. The van der Waals surface area contributed by atoms with E-state index < -0.39 is 0 Å². The summed E-state index contributed by atoms with van der Waals surface area (Å²) in [5.41, 5.74) is 0. The minimum atomic E-state index is -0.0653. The van der Waals surface area contributed by atoms with E-state index in [0.29, 0.717) is 26.2 Å². The van der Waals surface area contributed by atoms with Crippen LogP contribution in [0, 0.1) is 5.92 Å². The zero-order chi connectivity index (χ0) is 13.0. The molecule has 20 heavy (non-hydrogen) atoms. The van der Waals surface area contributed by atoms with Crippen molar-refractivity contribution in [2.24, 2.45) is 5.92 Å². The number of carbonyl (C=O) groups excluding carboxylic acids is 1. The third-order valence-corrected chi connectivity index (χ3v) is 3.90. The number of aromatic nitrogens is 1. The summed E-state index contributed by atoms with van der Waals surface area (Å²) in [4.78, 5) is 18.4. The Balaban J connectivity index is 0.00000180. The minimum absolute atomic E-state index is 0. The van der Waals surface area contributed by atoms with Crippen LogP contribution in [0.2, 0.25) is 0 Å². The van der Waals surface area contributed by atoms with Gasteiger partial charge in [-0.15, -0.1) is 36.2 Å². The van der Waals surface area contributed by atoms with E-state index in [-0.39, 0.29) is 42.7 Å². The van der Waals surface area contributed by atoms with Crippen molar-refractivity contribution in [3.63, 3.8) is 0 Å². The molecule has 1 aromatic rings. The lowest BCUT2D eigenvalue weighted by molar-refractivity contribution is -0.142. The fourth-order valence-corrected chi connectivity index (χ4v) is 2.77. The quantitative estimate of drug-likeness (QED) is 0.906. The van der Waals surface area contributed by atoms with Crippen molar-refractivity contribution in [2.45, 2.75) is 13.0 Å². The van der Waals surface area contributed by atoms with Crippen molar-refractivity contribution in [2.75, 3.05) is 33.3 Å². The first-order valence-electron chi connectivity index (χ1n) is 6.16. The second-order valence-electron chi connectivity index (χ2n) is 4.47. The molecule has 0 aliphatic carbocycles.